The summed E-state index contributed by atoms with van der Waals surface area (Å²) in [5, 5.41) is 9.15. The summed E-state index contributed by atoms with van der Waals surface area (Å²) in [6.45, 7) is 5.90. The van der Waals surface area contributed by atoms with Gasteiger partial charge in [0.15, 0.2) is 10.9 Å². The molecule has 2 aromatic carbocycles. The Kier molecular flexibility index (Phi) is 7.07. The van der Waals surface area contributed by atoms with E-state index in [9.17, 15) is 4.79 Å². The van der Waals surface area contributed by atoms with Crippen molar-refractivity contribution in [3.8, 4) is 11.6 Å². The summed E-state index contributed by atoms with van der Waals surface area (Å²) >= 11 is 1.43. The maximum Gasteiger partial charge on any atom is 0.240 e. The summed E-state index contributed by atoms with van der Waals surface area (Å²) in [5.74, 6) is 1.36. The molecule has 4 rings (SSSR count). The van der Waals surface area contributed by atoms with Gasteiger partial charge in [-0.05, 0) is 37.1 Å². The first kappa shape index (κ1) is 21.9. The van der Waals surface area contributed by atoms with Crippen molar-refractivity contribution >= 4 is 17.7 Å². The fourth-order valence-corrected chi connectivity index (χ4v) is 4.69. The van der Waals surface area contributed by atoms with Gasteiger partial charge >= 0.3 is 0 Å². The minimum Gasteiger partial charge on any atom is -0.461 e. The Morgan fingerprint density at radius 2 is 1.66 bits per heavy atom. The fraction of sp³-hybridized carbons (Fsp3) is 0.240. The molecule has 1 atom stereocenters. The molecule has 0 N–H and O–H groups in total. The molecule has 32 heavy (non-hydrogen) atoms. The number of carbonyl (C=O) groups excluding carboxylic acids is 1. The predicted octanol–water partition coefficient (Wildman–Crippen LogP) is 5.29. The number of aromatic nitrogens is 3. The molecule has 0 spiro atoms. The summed E-state index contributed by atoms with van der Waals surface area (Å²) in [5.41, 5.74) is 2.07. The third-order valence-corrected chi connectivity index (χ3v) is 6.49. The van der Waals surface area contributed by atoms with Crippen LogP contribution in [-0.4, -0.2) is 38.7 Å². The molecule has 0 aliphatic heterocycles. The van der Waals surface area contributed by atoms with Gasteiger partial charge in [0, 0.05) is 13.1 Å². The normalized spacial score (nSPS) is 11.9. The Bertz CT molecular complexity index is 1120. The predicted molar refractivity (Wildman–Crippen MR) is 126 cm³/mol. The molecule has 6 nitrogen and oxygen atoms in total. The van der Waals surface area contributed by atoms with Crippen LogP contribution in [0.3, 0.4) is 0 Å². The average Bonchev–Trinajstić information content (AvgIpc) is 3.50. The van der Waals surface area contributed by atoms with Gasteiger partial charge in [-0.2, -0.15) is 0 Å². The topological polar surface area (TPSA) is 64.2 Å². The highest BCUT2D eigenvalue weighted by Crippen LogP contribution is 2.37. The molecular weight excluding hydrogens is 420 g/mol. The first-order valence-electron chi connectivity index (χ1n) is 10.7. The van der Waals surface area contributed by atoms with Gasteiger partial charge in [0.05, 0.1) is 12.8 Å². The van der Waals surface area contributed by atoms with Gasteiger partial charge in [-0.1, -0.05) is 72.4 Å². The van der Waals surface area contributed by atoms with Gasteiger partial charge < -0.3 is 9.32 Å². The maximum absolute atomic E-state index is 13.4. The molecular formula is C25H26N4O2S. The van der Waals surface area contributed by atoms with E-state index in [2.05, 4.69) is 22.3 Å². The molecule has 0 saturated carbocycles. The van der Waals surface area contributed by atoms with Crippen LogP contribution in [0.25, 0.3) is 11.6 Å². The van der Waals surface area contributed by atoms with Crippen molar-refractivity contribution in [1.82, 2.24) is 19.7 Å². The number of benzene rings is 2. The molecule has 4 aromatic rings. The highest BCUT2D eigenvalue weighted by atomic mass is 32.2. The molecule has 2 aromatic heterocycles. The first-order chi connectivity index (χ1) is 15.7. The van der Waals surface area contributed by atoms with Gasteiger partial charge in [-0.25, -0.2) is 0 Å². The minimum atomic E-state index is -0.417. The van der Waals surface area contributed by atoms with Crippen LogP contribution in [0.2, 0.25) is 0 Å². The highest BCUT2D eigenvalue weighted by Gasteiger charge is 2.29. The number of hydrogen-bond donors (Lipinski definition) is 0. The summed E-state index contributed by atoms with van der Waals surface area (Å²) in [4.78, 5) is 15.3. The number of carbonyl (C=O) groups is 1. The molecule has 2 heterocycles. The largest absolute Gasteiger partial charge is 0.461 e. The van der Waals surface area contributed by atoms with Crippen molar-refractivity contribution in [1.29, 1.82) is 0 Å². The highest BCUT2D eigenvalue weighted by molar-refractivity contribution is 8.00. The molecule has 7 heteroatoms. The minimum absolute atomic E-state index is 0.0695. The lowest BCUT2D eigenvalue weighted by Gasteiger charge is -2.25. The van der Waals surface area contributed by atoms with Crippen LogP contribution in [-0.2, 0) is 11.3 Å². The number of thioether (sulfide) groups is 1. The van der Waals surface area contributed by atoms with E-state index in [4.69, 9.17) is 4.42 Å². The smallest absolute Gasteiger partial charge is 0.240 e. The van der Waals surface area contributed by atoms with Crippen LogP contribution >= 0.6 is 11.8 Å². The summed E-state index contributed by atoms with van der Waals surface area (Å²) in [6.07, 6.45) is 1.63. The molecule has 0 saturated heterocycles. The molecule has 0 fully saturated rings. The van der Waals surface area contributed by atoms with Crippen molar-refractivity contribution in [2.45, 2.75) is 30.8 Å². The lowest BCUT2D eigenvalue weighted by Crippen LogP contribution is -2.34. The van der Waals surface area contributed by atoms with E-state index in [1.54, 1.807) is 6.26 Å². The van der Waals surface area contributed by atoms with Crippen LogP contribution in [0.4, 0.5) is 0 Å². The number of likely N-dealkylation sites (N-methyl/N-ethyl adjacent to an activating group) is 1. The fourth-order valence-electron chi connectivity index (χ4n) is 3.57. The molecule has 0 radical (unpaired) electrons. The van der Waals surface area contributed by atoms with E-state index in [0.717, 1.165) is 11.1 Å². The summed E-state index contributed by atoms with van der Waals surface area (Å²) in [7, 11) is 0. The number of nitrogens with zero attached hydrogens (tertiary/aromatic N) is 4. The van der Waals surface area contributed by atoms with E-state index >= 15 is 0 Å². The van der Waals surface area contributed by atoms with Crippen molar-refractivity contribution < 1.29 is 9.21 Å². The van der Waals surface area contributed by atoms with Crippen molar-refractivity contribution in [2.75, 3.05) is 13.1 Å². The molecule has 1 amide bonds. The van der Waals surface area contributed by atoms with E-state index in [1.165, 1.54) is 11.8 Å². The van der Waals surface area contributed by atoms with E-state index in [0.29, 0.717) is 36.4 Å². The Morgan fingerprint density at radius 3 is 2.28 bits per heavy atom. The van der Waals surface area contributed by atoms with Gasteiger partial charge in [0.2, 0.25) is 11.7 Å². The van der Waals surface area contributed by atoms with Gasteiger partial charge in [-0.15, -0.1) is 10.2 Å². The van der Waals surface area contributed by atoms with Crippen LogP contribution in [0.15, 0.2) is 88.6 Å². The zero-order valence-electron chi connectivity index (χ0n) is 18.2. The second-order valence-corrected chi connectivity index (χ2v) is 8.35. The van der Waals surface area contributed by atoms with Gasteiger partial charge in [0.25, 0.3) is 0 Å². The quantitative estimate of drug-likeness (QED) is 0.327. The molecule has 0 aliphatic rings. The van der Waals surface area contributed by atoms with Crippen molar-refractivity contribution in [3.05, 3.63) is 90.2 Å². The van der Waals surface area contributed by atoms with E-state index in [-0.39, 0.29) is 5.91 Å². The Hall–Kier alpha value is -3.32. The Balaban J connectivity index is 1.74. The lowest BCUT2D eigenvalue weighted by atomic mass is 10.1. The Labute approximate surface area is 192 Å². The molecule has 0 bridgehead atoms. The SMILES string of the molecule is CCN(CC)C(=O)[C@H](Sc1nnc(-c2ccco2)n1Cc1ccccc1)c1ccccc1. The average molecular weight is 447 g/mol. The first-order valence-corrected chi connectivity index (χ1v) is 11.6. The van der Waals surface area contributed by atoms with Gasteiger partial charge in [0.1, 0.15) is 5.25 Å². The third-order valence-electron chi connectivity index (χ3n) is 5.27. The monoisotopic (exact) mass is 446 g/mol. The second-order valence-electron chi connectivity index (χ2n) is 7.27. The molecule has 0 aliphatic carbocycles. The van der Waals surface area contributed by atoms with Crippen LogP contribution in [0, 0.1) is 0 Å². The van der Waals surface area contributed by atoms with Crippen molar-refractivity contribution in [3.63, 3.8) is 0 Å². The van der Waals surface area contributed by atoms with Crippen LogP contribution in [0.5, 0.6) is 0 Å². The zero-order chi connectivity index (χ0) is 22.3. The molecule has 164 valence electrons. The number of hydrogen-bond acceptors (Lipinski definition) is 5. The molecule has 0 unspecified atom stereocenters. The van der Waals surface area contributed by atoms with Crippen LogP contribution in [0.1, 0.15) is 30.2 Å². The zero-order valence-corrected chi connectivity index (χ0v) is 19.0. The number of rotatable bonds is 9. The van der Waals surface area contributed by atoms with E-state index in [1.807, 2.05) is 84.0 Å². The lowest BCUT2D eigenvalue weighted by molar-refractivity contribution is -0.130. The van der Waals surface area contributed by atoms with Crippen LogP contribution < -0.4 is 0 Å². The van der Waals surface area contributed by atoms with E-state index < -0.39 is 5.25 Å². The Morgan fingerprint density at radius 1 is 0.969 bits per heavy atom. The van der Waals surface area contributed by atoms with Crippen molar-refractivity contribution in [2.24, 2.45) is 0 Å². The second kappa shape index (κ2) is 10.3. The third kappa shape index (κ3) is 4.78. The number of amides is 1. The maximum atomic E-state index is 13.4. The van der Waals surface area contributed by atoms with Gasteiger partial charge in [-0.3, -0.25) is 9.36 Å². The summed E-state index contributed by atoms with van der Waals surface area (Å²) in [6, 6.07) is 23.7. The summed E-state index contributed by atoms with van der Waals surface area (Å²) < 4.78 is 7.63. The number of furan rings is 1. The standard InChI is InChI=1S/C25H26N4O2S/c1-3-28(4-2)24(30)22(20-14-9-6-10-15-20)32-25-27-26-23(21-16-11-17-31-21)29(25)18-19-12-7-5-8-13-19/h5-17,22H,3-4,18H2,1-2H3/t22-/m1/s1.